The molecule has 2 rings (SSSR count). The maximum Gasteiger partial charge on any atom is 0.255 e. The minimum atomic E-state index is -1.06. The molecular formula is C15H14F2N2O. The fraction of sp³-hybridized carbons (Fsp3) is 0.133. The minimum absolute atomic E-state index is 0.0464. The predicted molar refractivity (Wildman–Crippen MR) is 74.6 cm³/mol. The lowest BCUT2D eigenvalue weighted by Crippen LogP contribution is -2.14. The number of nitrogen functional groups attached to an aromatic ring is 1. The molecule has 20 heavy (non-hydrogen) atoms. The summed E-state index contributed by atoms with van der Waals surface area (Å²) < 4.78 is 26.0. The number of amides is 1. The number of carbonyl (C=O) groups is 1. The Morgan fingerprint density at radius 1 is 1.10 bits per heavy atom. The van der Waals surface area contributed by atoms with Gasteiger partial charge < -0.3 is 11.1 Å². The number of hydrogen-bond donors (Lipinski definition) is 2. The maximum absolute atomic E-state index is 13.1. The van der Waals surface area contributed by atoms with E-state index >= 15 is 0 Å². The first-order valence-corrected chi connectivity index (χ1v) is 6.02. The number of rotatable bonds is 2. The van der Waals surface area contributed by atoms with Crippen molar-refractivity contribution in [2.24, 2.45) is 0 Å². The Bertz CT molecular complexity index is 684. The summed E-state index contributed by atoms with van der Waals surface area (Å²) in [6.07, 6.45) is 0. The molecule has 0 bridgehead atoms. The summed E-state index contributed by atoms with van der Waals surface area (Å²) in [6.45, 7) is 3.61. The minimum Gasteiger partial charge on any atom is -0.398 e. The van der Waals surface area contributed by atoms with Gasteiger partial charge in [-0.3, -0.25) is 4.79 Å². The fourth-order valence-corrected chi connectivity index (χ4v) is 1.88. The van der Waals surface area contributed by atoms with Crippen LogP contribution in [0.5, 0.6) is 0 Å². The molecular weight excluding hydrogens is 262 g/mol. The Morgan fingerprint density at radius 3 is 2.45 bits per heavy atom. The Balaban J connectivity index is 2.32. The van der Waals surface area contributed by atoms with Gasteiger partial charge in [-0.05, 0) is 49.2 Å². The Morgan fingerprint density at radius 2 is 1.80 bits per heavy atom. The fourth-order valence-electron chi connectivity index (χ4n) is 1.88. The summed E-state index contributed by atoms with van der Waals surface area (Å²) in [5.74, 6) is -2.56. The molecule has 0 atom stereocenters. The van der Waals surface area contributed by atoms with Gasteiger partial charge in [0.05, 0.1) is 0 Å². The standard InChI is InChI=1S/C15H14F2N2O/c1-8-3-6-13(18)9(2)14(8)19-15(20)10-4-5-11(16)12(17)7-10/h3-7H,18H2,1-2H3,(H,19,20). The van der Waals surface area contributed by atoms with E-state index in [1.807, 2.05) is 6.92 Å². The smallest absolute Gasteiger partial charge is 0.255 e. The molecule has 2 aromatic carbocycles. The second-order valence-corrected chi connectivity index (χ2v) is 4.55. The van der Waals surface area contributed by atoms with Gasteiger partial charge in [-0.1, -0.05) is 6.07 Å². The third-order valence-corrected chi connectivity index (χ3v) is 3.14. The summed E-state index contributed by atoms with van der Waals surface area (Å²) in [6, 6.07) is 6.54. The van der Waals surface area contributed by atoms with E-state index in [-0.39, 0.29) is 5.56 Å². The molecule has 104 valence electrons. The largest absolute Gasteiger partial charge is 0.398 e. The molecule has 0 aliphatic heterocycles. The van der Waals surface area contributed by atoms with E-state index in [2.05, 4.69) is 5.32 Å². The molecule has 0 saturated carbocycles. The van der Waals surface area contributed by atoms with E-state index in [0.717, 1.165) is 23.3 Å². The van der Waals surface area contributed by atoms with Crippen molar-refractivity contribution in [2.75, 3.05) is 11.1 Å². The molecule has 2 aromatic rings. The normalized spacial score (nSPS) is 10.4. The number of anilines is 2. The van der Waals surface area contributed by atoms with Crippen LogP contribution in [0.2, 0.25) is 0 Å². The lowest BCUT2D eigenvalue weighted by Gasteiger charge is -2.13. The number of carbonyl (C=O) groups excluding carboxylic acids is 1. The number of benzene rings is 2. The van der Waals surface area contributed by atoms with Crippen LogP contribution in [-0.4, -0.2) is 5.91 Å². The zero-order valence-corrected chi connectivity index (χ0v) is 11.1. The lowest BCUT2D eigenvalue weighted by molar-refractivity contribution is 0.102. The van der Waals surface area contributed by atoms with E-state index in [0.29, 0.717) is 11.4 Å². The van der Waals surface area contributed by atoms with Gasteiger partial charge in [0.1, 0.15) is 0 Å². The highest BCUT2D eigenvalue weighted by Gasteiger charge is 2.13. The molecule has 5 heteroatoms. The monoisotopic (exact) mass is 276 g/mol. The van der Waals surface area contributed by atoms with E-state index in [9.17, 15) is 13.6 Å². The average molecular weight is 276 g/mol. The summed E-state index contributed by atoms with van der Waals surface area (Å²) >= 11 is 0. The highest BCUT2D eigenvalue weighted by molar-refractivity contribution is 6.05. The van der Waals surface area contributed by atoms with Crippen molar-refractivity contribution in [2.45, 2.75) is 13.8 Å². The zero-order valence-electron chi connectivity index (χ0n) is 11.1. The summed E-state index contributed by atoms with van der Waals surface area (Å²) in [5, 5.41) is 2.67. The molecule has 1 amide bonds. The number of nitrogens with two attached hydrogens (primary N) is 1. The van der Waals surface area contributed by atoms with E-state index in [1.165, 1.54) is 6.07 Å². The van der Waals surface area contributed by atoms with Gasteiger partial charge in [-0.15, -0.1) is 0 Å². The highest BCUT2D eigenvalue weighted by atomic mass is 19.2. The summed E-state index contributed by atoms with van der Waals surface area (Å²) in [5.41, 5.74) is 8.55. The zero-order chi connectivity index (χ0) is 14.9. The first-order chi connectivity index (χ1) is 9.40. The van der Waals surface area contributed by atoms with Crippen LogP contribution in [0.25, 0.3) is 0 Å². The molecule has 3 nitrogen and oxygen atoms in total. The Kier molecular flexibility index (Phi) is 3.70. The molecule has 0 aromatic heterocycles. The van der Waals surface area contributed by atoms with Gasteiger partial charge in [-0.25, -0.2) is 8.78 Å². The Hall–Kier alpha value is -2.43. The van der Waals surface area contributed by atoms with Gasteiger partial charge in [0, 0.05) is 16.9 Å². The van der Waals surface area contributed by atoms with Crippen LogP contribution >= 0.6 is 0 Å². The van der Waals surface area contributed by atoms with E-state index in [4.69, 9.17) is 5.73 Å². The molecule has 0 aliphatic carbocycles. The van der Waals surface area contributed by atoms with Crippen LogP contribution in [-0.2, 0) is 0 Å². The molecule has 0 spiro atoms. The number of aryl methyl sites for hydroxylation is 1. The molecule has 3 N–H and O–H groups in total. The van der Waals surface area contributed by atoms with Gasteiger partial charge in [0.25, 0.3) is 5.91 Å². The maximum atomic E-state index is 13.1. The van der Waals surface area contributed by atoms with Crippen LogP contribution in [0.1, 0.15) is 21.5 Å². The van der Waals surface area contributed by atoms with Gasteiger partial charge in [-0.2, -0.15) is 0 Å². The molecule has 0 unspecified atom stereocenters. The second kappa shape index (κ2) is 5.28. The molecule has 0 heterocycles. The SMILES string of the molecule is Cc1ccc(N)c(C)c1NC(=O)c1ccc(F)c(F)c1. The first-order valence-electron chi connectivity index (χ1n) is 6.02. The highest BCUT2D eigenvalue weighted by Crippen LogP contribution is 2.25. The number of nitrogens with one attached hydrogen (secondary N) is 1. The van der Waals surface area contributed by atoms with Crippen molar-refractivity contribution in [3.63, 3.8) is 0 Å². The van der Waals surface area contributed by atoms with Crippen LogP contribution in [0.3, 0.4) is 0 Å². The van der Waals surface area contributed by atoms with Gasteiger partial charge >= 0.3 is 0 Å². The van der Waals surface area contributed by atoms with Crippen molar-refractivity contribution >= 4 is 17.3 Å². The van der Waals surface area contributed by atoms with Gasteiger partial charge in [0.2, 0.25) is 0 Å². The quantitative estimate of drug-likeness (QED) is 0.826. The number of hydrogen-bond acceptors (Lipinski definition) is 2. The third kappa shape index (κ3) is 2.61. The van der Waals surface area contributed by atoms with Crippen molar-refractivity contribution in [3.05, 3.63) is 58.7 Å². The van der Waals surface area contributed by atoms with Crippen LogP contribution in [0.15, 0.2) is 30.3 Å². The average Bonchev–Trinajstić information content (AvgIpc) is 2.42. The Labute approximate surface area is 115 Å². The van der Waals surface area contributed by atoms with Crippen molar-refractivity contribution in [1.29, 1.82) is 0 Å². The first kappa shape index (κ1) is 14.0. The third-order valence-electron chi connectivity index (χ3n) is 3.14. The van der Waals surface area contributed by atoms with E-state index in [1.54, 1.807) is 19.1 Å². The predicted octanol–water partition coefficient (Wildman–Crippen LogP) is 3.42. The molecule has 0 saturated heterocycles. The summed E-state index contributed by atoms with van der Waals surface area (Å²) in [4.78, 5) is 12.1. The van der Waals surface area contributed by atoms with Crippen molar-refractivity contribution in [3.8, 4) is 0 Å². The van der Waals surface area contributed by atoms with Crippen LogP contribution in [0, 0.1) is 25.5 Å². The van der Waals surface area contributed by atoms with Crippen LogP contribution in [0.4, 0.5) is 20.2 Å². The van der Waals surface area contributed by atoms with Crippen LogP contribution < -0.4 is 11.1 Å². The molecule has 0 fully saturated rings. The lowest BCUT2D eigenvalue weighted by atomic mass is 10.1. The molecule has 0 aliphatic rings. The summed E-state index contributed by atoms with van der Waals surface area (Å²) in [7, 11) is 0. The van der Waals surface area contributed by atoms with Crippen molar-refractivity contribution in [1.82, 2.24) is 0 Å². The number of halogens is 2. The second-order valence-electron chi connectivity index (χ2n) is 4.55. The van der Waals surface area contributed by atoms with Crippen molar-refractivity contribution < 1.29 is 13.6 Å². The topological polar surface area (TPSA) is 55.1 Å². The van der Waals surface area contributed by atoms with Gasteiger partial charge in [0.15, 0.2) is 11.6 Å². The van der Waals surface area contributed by atoms with E-state index < -0.39 is 17.5 Å². The molecule has 0 radical (unpaired) electrons.